The van der Waals surface area contributed by atoms with E-state index in [4.69, 9.17) is 13.9 Å². The lowest BCUT2D eigenvalue weighted by atomic mass is 9.88. The van der Waals surface area contributed by atoms with Gasteiger partial charge in [0.25, 0.3) is 0 Å². The molecular weight excluding hydrogens is 284 g/mol. The second-order valence-electron chi connectivity index (χ2n) is 5.18. The van der Waals surface area contributed by atoms with Crippen molar-refractivity contribution in [2.75, 3.05) is 13.7 Å². The van der Waals surface area contributed by atoms with Gasteiger partial charge < -0.3 is 13.9 Å². The first-order chi connectivity index (χ1) is 10.5. The first-order valence-electron chi connectivity index (χ1n) is 7.22. The van der Waals surface area contributed by atoms with Gasteiger partial charge in [-0.1, -0.05) is 6.92 Å². The predicted molar refractivity (Wildman–Crippen MR) is 82.0 cm³/mol. The summed E-state index contributed by atoms with van der Waals surface area (Å²) >= 11 is 0. The second kappa shape index (κ2) is 6.64. The van der Waals surface area contributed by atoms with Gasteiger partial charge in [-0.3, -0.25) is 9.59 Å². The van der Waals surface area contributed by atoms with Crippen LogP contribution in [0.25, 0.3) is 11.0 Å². The lowest BCUT2D eigenvalue weighted by Crippen LogP contribution is -2.29. The number of carbonyl (C=O) groups is 2. The lowest BCUT2D eigenvalue weighted by molar-refractivity contribution is -0.152. The summed E-state index contributed by atoms with van der Waals surface area (Å²) < 4.78 is 15.9. The highest BCUT2D eigenvalue weighted by atomic mass is 16.5. The van der Waals surface area contributed by atoms with Crippen LogP contribution in [0.15, 0.2) is 28.7 Å². The Labute approximate surface area is 129 Å². The van der Waals surface area contributed by atoms with Crippen molar-refractivity contribution in [2.24, 2.45) is 5.92 Å². The third kappa shape index (κ3) is 3.13. The largest absolute Gasteiger partial charge is 0.497 e. The normalized spacial score (nSPS) is 13.6. The number of rotatable bonds is 6. The van der Waals surface area contributed by atoms with Gasteiger partial charge >= 0.3 is 5.97 Å². The quantitative estimate of drug-likeness (QED) is 0.605. The van der Waals surface area contributed by atoms with Crippen molar-refractivity contribution in [2.45, 2.75) is 26.7 Å². The molecule has 0 aliphatic heterocycles. The van der Waals surface area contributed by atoms with Crippen molar-refractivity contribution in [3.05, 3.63) is 30.0 Å². The van der Waals surface area contributed by atoms with Gasteiger partial charge in [0, 0.05) is 11.3 Å². The molecule has 2 unspecified atom stereocenters. The highest BCUT2D eigenvalue weighted by molar-refractivity contribution is 5.98. The molecule has 1 aromatic heterocycles. The van der Waals surface area contributed by atoms with Crippen molar-refractivity contribution in [3.63, 3.8) is 0 Å². The van der Waals surface area contributed by atoms with Crippen LogP contribution in [-0.4, -0.2) is 25.5 Å². The summed E-state index contributed by atoms with van der Waals surface area (Å²) in [5, 5.41) is 0.868. The summed E-state index contributed by atoms with van der Waals surface area (Å²) in [7, 11) is 1.59. The molecule has 0 spiro atoms. The molecule has 0 aliphatic rings. The number of fused-ring (bicyclic) bond motifs is 1. The number of hydrogen-bond donors (Lipinski definition) is 0. The van der Waals surface area contributed by atoms with E-state index in [1.54, 1.807) is 33.1 Å². The first kappa shape index (κ1) is 16.1. The highest BCUT2D eigenvalue weighted by Crippen LogP contribution is 2.32. The Bertz CT molecular complexity index is 685. The van der Waals surface area contributed by atoms with Crippen LogP contribution in [-0.2, 0) is 14.3 Å². The van der Waals surface area contributed by atoms with E-state index in [1.807, 2.05) is 12.1 Å². The molecule has 0 bridgehead atoms. The van der Waals surface area contributed by atoms with E-state index in [9.17, 15) is 9.59 Å². The minimum atomic E-state index is -0.859. The number of esters is 1. The minimum absolute atomic E-state index is 0.232. The molecule has 0 aliphatic carbocycles. The molecule has 0 radical (unpaired) electrons. The Hall–Kier alpha value is -2.30. The second-order valence-corrected chi connectivity index (χ2v) is 5.18. The number of ketones is 1. The fourth-order valence-electron chi connectivity index (χ4n) is 2.51. The van der Waals surface area contributed by atoms with Gasteiger partial charge in [0.1, 0.15) is 28.8 Å². The monoisotopic (exact) mass is 304 g/mol. The van der Waals surface area contributed by atoms with Crippen LogP contribution in [0, 0.1) is 5.92 Å². The molecule has 0 N–H and O–H groups in total. The smallest absolute Gasteiger partial charge is 0.317 e. The number of furan rings is 1. The predicted octanol–water partition coefficient (Wildman–Crippen LogP) is 3.31. The van der Waals surface area contributed by atoms with Crippen molar-refractivity contribution in [1.29, 1.82) is 0 Å². The Balaban J connectivity index is 2.35. The number of methoxy groups -OCH3 is 1. The van der Waals surface area contributed by atoms with Gasteiger partial charge in [-0.2, -0.15) is 0 Å². The van der Waals surface area contributed by atoms with E-state index in [-0.39, 0.29) is 12.4 Å². The number of hydrogen-bond acceptors (Lipinski definition) is 5. The summed E-state index contributed by atoms with van der Waals surface area (Å²) in [6, 6.07) is 7.28. The summed E-state index contributed by atoms with van der Waals surface area (Å²) in [5.41, 5.74) is 0.689. The zero-order valence-electron chi connectivity index (χ0n) is 13.2. The topological polar surface area (TPSA) is 65.7 Å². The average Bonchev–Trinajstić information content (AvgIpc) is 2.89. The van der Waals surface area contributed by atoms with Crippen LogP contribution in [0.4, 0.5) is 0 Å². The molecule has 22 heavy (non-hydrogen) atoms. The minimum Gasteiger partial charge on any atom is -0.497 e. The van der Waals surface area contributed by atoms with E-state index in [0.717, 1.165) is 11.1 Å². The molecule has 2 aromatic rings. The molecule has 0 saturated carbocycles. The van der Waals surface area contributed by atoms with Crippen LogP contribution in [0.5, 0.6) is 5.75 Å². The van der Waals surface area contributed by atoms with Crippen LogP contribution in [0.3, 0.4) is 0 Å². The van der Waals surface area contributed by atoms with Crippen LogP contribution in [0.2, 0.25) is 0 Å². The first-order valence-corrected chi connectivity index (χ1v) is 7.22. The molecule has 0 fully saturated rings. The lowest BCUT2D eigenvalue weighted by Gasteiger charge is -2.17. The SMILES string of the molecule is CCOC(=O)C(C(C)=O)C(C)c1cc2cc(OC)ccc2o1. The van der Waals surface area contributed by atoms with Gasteiger partial charge in [0.2, 0.25) is 0 Å². The molecular formula is C17H20O5. The zero-order chi connectivity index (χ0) is 16.3. The van der Waals surface area contributed by atoms with E-state index < -0.39 is 17.8 Å². The van der Waals surface area contributed by atoms with Crippen LogP contribution in [0.1, 0.15) is 32.4 Å². The number of carbonyl (C=O) groups excluding carboxylic acids is 2. The van der Waals surface area contributed by atoms with E-state index in [0.29, 0.717) is 11.3 Å². The zero-order valence-corrected chi connectivity index (χ0v) is 13.2. The Morgan fingerprint density at radius 1 is 1.27 bits per heavy atom. The Kier molecular flexibility index (Phi) is 4.85. The summed E-state index contributed by atoms with van der Waals surface area (Å²) in [6.07, 6.45) is 0. The van der Waals surface area contributed by atoms with E-state index >= 15 is 0 Å². The van der Waals surface area contributed by atoms with E-state index in [1.165, 1.54) is 6.92 Å². The maximum Gasteiger partial charge on any atom is 0.317 e. The molecule has 118 valence electrons. The summed E-state index contributed by atoms with van der Waals surface area (Å²) in [6.45, 7) is 5.14. The molecule has 1 aromatic carbocycles. The highest BCUT2D eigenvalue weighted by Gasteiger charge is 2.33. The van der Waals surface area contributed by atoms with Gasteiger partial charge in [-0.15, -0.1) is 0 Å². The van der Waals surface area contributed by atoms with Gasteiger partial charge in [-0.25, -0.2) is 0 Å². The van der Waals surface area contributed by atoms with Gasteiger partial charge in [-0.05, 0) is 38.1 Å². The fourth-order valence-corrected chi connectivity index (χ4v) is 2.51. The third-order valence-electron chi connectivity index (χ3n) is 3.67. The molecule has 2 rings (SSSR count). The van der Waals surface area contributed by atoms with Crippen molar-refractivity contribution >= 4 is 22.7 Å². The Morgan fingerprint density at radius 3 is 2.59 bits per heavy atom. The number of ether oxygens (including phenoxy) is 2. The Morgan fingerprint density at radius 2 is 2.00 bits per heavy atom. The van der Waals surface area contributed by atoms with Crippen LogP contribution >= 0.6 is 0 Å². The molecule has 5 nitrogen and oxygen atoms in total. The number of benzene rings is 1. The molecule has 0 saturated heterocycles. The third-order valence-corrected chi connectivity index (χ3v) is 3.67. The number of Topliss-reactive ketones (excluding diaryl/α,β-unsaturated/α-hetero) is 1. The molecule has 1 heterocycles. The fraction of sp³-hybridized carbons (Fsp3) is 0.412. The average molecular weight is 304 g/mol. The molecule has 2 atom stereocenters. The maximum atomic E-state index is 12.0. The van der Waals surface area contributed by atoms with Crippen LogP contribution < -0.4 is 4.74 Å². The molecule has 5 heteroatoms. The standard InChI is InChI=1S/C17H20O5/c1-5-21-17(19)16(11(3)18)10(2)15-9-12-8-13(20-4)6-7-14(12)22-15/h6-10,16H,5H2,1-4H3. The van der Waals surface area contributed by atoms with E-state index in [2.05, 4.69) is 0 Å². The molecule has 0 amide bonds. The summed E-state index contributed by atoms with van der Waals surface area (Å²) in [5.74, 6) is -0.695. The van der Waals surface area contributed by atoms with Crippen molar-refractivity contribution < 1.29 is 23.5 Å². The van der Waals surface area contributed by atoms with Crippen molar-refractivity contribution in [1.82, 2.24) is 0 Å². The van der Waals surface area contributed by atoms with Crippen molar-refractivity contribution in [3.8, 4) is 5.75 Å². The maximum absolute atomic E-state index is 12.0. The van der Waals surface area contributed by atoms with Gasteiger partial charge in [0.05, 0.1) is 13.7 Å². The summed E-state index contributed by atoms with van der Waals surface area (Å²) in [4.78, 5) is 23.8. The van der Waals surface area contributed by atoms with Gasteiger partial charge in [0.15, 0.2) is 0 Å².